The zero-order chi connectivity index (χ0) is 16.5. The van der Waals surface area contributed by atoms with Crippen LogP contribution in [0.25, 0.3) is 0 Å². The Morgan fingerprint density at radius 1 is 1.08 bits per heavy atom. The van der Waals surface area contributed by atoms with E-state index in [0.717, 1.165) is 32.9 Å². The molecule has 2 heterocycles. The molecule has 1 aliphatic heterocycles. The molecule has 5 heteroatoms. The van der Waals surface area contributed by atoms with Crippen LogP contribution >= 0.6 is 38.9 Å². The molecule has 1 unspecified atom stereocenters. The molecule has 0 amide bonds. The van der Waals surface area contributed by atoms with Gasteiger partial charge in [0.2, 0.25) is 0 Å². The highest BCUT2D eigenvalue weighted by Gasteiger charge is 2.30. The van der Waals surface area contributed by atoms with Gasteiger partial charge in [0, 0.05) is 20.8 Å². The highest BCUT2D eigenvalue weighted by atomic mass is 79.9. The van der Waals surface area contributed by atoms with Gasteiger partial charge in [0.15, 0.2) is 0 Å². The van der Waals surface area contributed by atoms with Gasteiger partial charge in [-0.3, -0.25) is 5.01 Å². The van der Waals surface area contributed by atoms with Crippen molar-refractivity contribution < 1.29 is 0 Å². The Balaban J connectivity index is 1.75. The van der Waals surface area contributed by atoms with Crippen LogP contribution in [0.3, 0.4) is 0 Å². The number of hydrogen-bond acceptors (Lipinski definition) is 3. The van der Waals surface area contributed by atoms with E-state index >= 15 is 0 Å². The van der Waals surface area contributed by atoms with E-state index in [2.05, 4.69) is 50.6 Å². The molecular weight excluding hydrogens is 404 g/mol. The summed E-state index contributed by atoms with van der Waals surface area (Å²) in [5, 5.41) is 9.92. The van der Waals surface area contributed by atoms with Crippen molar-refractivity contribution in [1.29, 1.82) is 0 Å². The molecule has 24 heavy (non-hydrogen) atoms. The smallest absolute Gasteiger partial charge is 0.0923 e. The second kappa shape index (κ2) is 6.71. The predicted molar refractivity (Wildman–Crippen MR) is 106 cm³/mol. The number of rotatable bonds is 3. The third-order valence-corrected chi connectivity index (χ3v) is 5.75. The lowest BCUT2D eigenvalue weighted by Crippen LogP contribution is -2.17. The second-order valence-electron chi connectivity index (χ2n) is 5.61. The number of nitrogens with zero attached hydrogens (tertiary/aromatic N) is 2. The fourth-order valence-electron chi connectivity index (χ4n) is 2.89. The molecule has 0 saturated carbocycles. The summed E-state index contributed by atoms with van der Waals surface area (Å²) in [7, 11) is 0. The van der Waals surface area contributed by atoms with Crippen molar-refractivity contribution in [3.63, 3.8) is 0 Å². The summed E-state index contributed by atoms with van der Waals surface area (Å²) in [6.07, 6.45) is 0.884. The number of anilines is 1. The average molecular weight is 418 g/mol. The molecule has 120 valence electrons. The number of thiophene rings is 1. The minimum atomic E-state index is 0.227. The quantitative estimate of drug-likeness (QED) is 0.473. The van der Waals surface area contributed by atoms with Crippen LogP contribution < -0.4 is 5.01 Å². The fourth-order valence-corrected chi connectivity index (χ4v) is 4.21. The van der Waals surface area contributed by atoms with Gasteiger partial charge in [0.05, 0.1) is 17.4 Å². The minimum Gasteiger partial charge on any atom is -0.257 e. The molecule has 0 saturated heterocycles. The van der Waals surface area contributed by atoms with Gasteiger partial charge in [-0.2, -0.15) is 5.10 Å². The summed E-state index contributed by atoms with van der Waals surface area (Å²) in [4.78, 5) is 1.32. The highest BCUT2D eigenvalue weighted by Crippen LogP contribution is 2.39. The van der Waals surface area contributed by atoms with E-state index in [1.54, 1.807) is 11.3 Å². The van der Waals surface area contributed by atoms with Crippen molar-refractivity contribution >= 4 is 50.3 Å². The number of halogens is 2. The summed E-state index contributed by atoms with van der Waals surface area (Å²) >= 11 is 11.3. The fraction of sp³-hybridized carbons (Fsp3) is 0.105. The SMILES string of the molecule is Clc1ccc(C2=NN(c3cccc(Br)c3)C(c3cccs3)C2)cc1. The molecule has 1 atom stereocenters. The minimum absolute atomic E-state index is 0.227. The van der Waals surface area contributed by atoms with Crippen LogP contribution in [0.4, 0.5) is 5.69 Å². The monoisotopic (exact) mass is 416 g/mol. The standard InChI is InChI=1S/C19H14BrClN2S/c20-14-3-1-4-16(11-14)23-18(19-5-2-10-24-19)12-17(22-23)13-6-8-15(21)9-7-13/h1-11,18H,12H2. The third kappa shape index (κ3) is 3.14. The van der Waals surface area contributed by atoms with Gasteiger partial charge in [-0.1, -0.05) is 51.8 Å². The lowest BCUT2D eigenvalue weighted by molar-refractivity contribution is 0.722. The Labute approximate surface area is 158 Å². The molecule has 2 aromatic carbocycles. The van der Waals surface area contributed by atoms with Crippen LogP contribution in [-0.2, 0) is 0 Å². The first-order valence-corrected chi connectivity index (χ1v) is 9.67. The van der Waals surface area contributed by atoms with E-state index in [-0.39, 0.29) is 6.04 Å². The van der Waals surface area contributed by atoms with E-state index in [0.29, 0.717) is 0 Å². The summed E-state index contributed by atoms with van der Waals surface area (Å²) in [5.41, 5.74) is 3.30. The Morgan fingerprint density at radius 3 is 2.62 bits per heavy atom. The van der Waals surface area contributed by atoms with Crippen LogP contribution in [-0.4, -0.2) is 5.71 Å². The van der Waals surface area contributed by atoms with E-state index in [1.807, 2.05) is 36.4 Å². The summed E-state index contributed by atoms with van der Waals surface area (Å²) < 4.78 is 1.06. The van der Waals surface area contributed by atoms with Crippen molar-refractivity contribution in [1.82, 2.24) is 0 Å². The zero-order valence-corrected chi connectivity index (χ0v) is 15.9. The molecule has 0 N–H and O–H groups in total. The summed E-state index contributed by atoms with van der Waals surface area (Å²) in [6.45, 7) is 0. The molecule has 0 aliphatic carbocycles. The molecular formula is C19H14BrClN2S. The van der Waals surface area contributed by atoms with E-state index < -0.39 is 0 Å². The Morgan fingerprint density at radius 2 is 1.92 bits per heavy atom. The van der Waals surface area contributed by atoms with E-state index in [9.17, 15) is 0 Å². The van der Waals surface area contributed by atoms with Crippen molar-refractivity contribution in [3.05, 3.63) is 86.0 Å². The van der Waals surface area contributed by atoms with Crippen LogP contribution in [0.5, 0.6) is 0 Å². The van der Waals surface area contributed by atoms with Gasteiger partial charge in [0.1, 0.15) is 0 Å². The number of hydrazone groups is 1. The maximum Gasteiger partial charge on any atom is 0.0923 e. The van der Waals surface area contributed by atoms with E-state index in [1.165, 1.54) is 4.88 Å². The van der Waals surface area contributed by atoms with Crippen molar-refractivity contribution in [2.75, 3.05) is 5.01 Å². The third-order valence-electron chi connectivity index (χ3n) is 4.03. The molecule has 2 nitrogen and oxygen atoms in total. The van der Waals surface area contributed by atoms with Crippen LogP contribution in [0.1, 0.15) is 22.9 Å². The molecule has 0 radical (unpaired) electrons. The zero-order valence-electron chi connectivity index (χ0n) is 12.7. The molecule has 1 aliphatic rings. The summed E-state index contributed by atoms with van der Waals surface area (Å²) in [6, 6.07) is 20.7. The van der Waals surface area contributed by atoms with Gasteiger partial charge in [-0.15, -0.1) is 11.3 Å². The summed E-state index contributed by atoms with van der Waals surface area (Å²) in [5.74, 6) is 0. The maximum absolute atomic E-state index is 6.02. The Bertz CT molecular complexity index is 875. The van der Waals surface area contributed by atoms with Gasteiger partial charge in [-0.25, -0.2) is 0 Å². The van der Waals surface area contributed by atoms with Gasteiger partial charge >= 0.3 is 0 Å². The first-order valence-electron chi connectivity index (χ1n) is 7.62. The van der Waals surface area contributed by atoms with Crippen molar-refractivity contribution in [2.24, 2.45) is 5.10 Å². The number of benzene rings is 2. The lowest BCUT2D eigenvalue weighted by Gasteiger charge is -2.22. The molecule has 0 bridgehead atoms. The van der Waals surface area contributed by atoms with Gasteiger partial charge in [-0.05, 0) is 47.3 Å². The van der Waals surface area contributed by atoms with Crippen LogP contribution in [0.2, 0.25) is 5.02 Å². The lowest BCUT2D eigenvalue weighted by atomic mass is 10.0. The Hall–Kier alpha value is -1.62. The molecule has 1 aromatic heterocycles. The van der Waals surface area contributed by atoms with Crippen LogP contribution in [0, 0.1) is 0 Å². The van der Waals surface area contributed by atoms with Gasteiger partial charge < -0.3 is 0 Å². The first kappa shape index (κ1) is 15.9. The predicted octanol–water partition coefficient (Wildman–Crippen LogP) is 6.52. The largest absolute Gasteiger partial charge is 0.257 e. The Kier molecular flexibility index (Phi) is 4.44. The average Bonchev–Trinajstić information content (AvgIpc) is 3.25. The molecule has 4 rings (SSSR count). The second-order valence-corrected chi connectivity index (χ2v) is 7.94. The number of hydrogen-bond donors (Lipinski definition) is 0. The molecule has 3 aromatic rings. The van der Waals surface area contributed by atoms with Crippen molar-refractivity contribution in [3.8, 4) is 0 Å². The van der Waals surface area contributed by atoms with Crippen molar-refractivity contribution in [2.45, 2.75) is 12.5 Å². The molecule has 0 spiro atoms. The normalized spacial score (nSPS) is 17.2. The van der Waals surface area contributed by atoms with Crippen LogP contribution in [0.15, 0.2) is 75.6 Å². The maximum atomic E-state index is 6.02. The highest BCUT2D eigenvalue weighted by molar-refractivity contribution is 9.10. The molecule has 0 fully saturated rings. The first-order chi connectivity index (χ1) is 11.7. The topological polar surface area (TPSA) is 15.6 Å². The van der Waals surface area contributed by atoms with E-state index in [4.69, 9.17) is 16.7 Å². The van der Waals surface area contributed by atoms with Gasteiger partial charge in [0.25, 0.3) is 0 Å².